The van der Waals surface area contributed by atoms with E-state index in [2.05, 4.69) is 21.2 Å². The molecule has 1 aliphatic rings. The Morgan fingerprint density at radius 2 is 1.59 bits per heavy atom. The summed E-state index contributed by atoms with van der Waals surface area (Å²) in [6, 6.07) is 23.6. The van der Waals surface area contributed by atoms with Gasteiger partial charge in [0, 0.05) is 23.5 Å². The van der Waals surface area contributed by atoms with Gasteiger partial charge in [0.1, 0.15) is 12.6 Å². The summed E-state index contributed by atoms with van der Waals surface area (Å²) in [5.41, 5.74) is 3.23. The van der Waals surface area contributed by atoms with Gasteiger partial charge in [0.2, 0.25) is 21.8 Å². The van der Waals surface area contributed by atoms with Gasteiger partial charge in [-0.25, -0.2) is 8.42 Å². The van der Waals surface area contributed by atoms with Gasteiger partial charge in [0.05, 0.1) is 11.9 Å². The summed E-state index contributed by atoms with van der Waals surface area (Å²) in [7, 11) is -3.79. The van der Waals surface area contributed by atoms with E-state index in [-0.39, 0.29) is 18.5 Å². The molecule has 2 amide bonds. The highest BCUT2D eigenvalue weighted by atomic mass is 79.9. The summed E-state index contributed by atoms with van der Waals surface area (Å²) < 4.78 is 27.9. The Balaban J connectivity index is 1.71. The van der Waals surface area contributed by atoms with Crippen molar-refractivity contribution in [1.82, 2.24) is 10.2 Å². The largest absolute Gasteiger partial charge is 0.352 e. The molecule has 1 fully saturated rings. The predicted octanol–water partition coefficient (Wildman–Crippen LogP) is 5.48. The molecule has 41 heavy (non-hydrogen) atoms. The number of rotatable bonds is 12. The van der Waals surface area contributed by atoms with Crippen LogP contribution < -0.4 is 9.62 Å². The van der Waals surface area contributed by atoms with Gasteiger partial charge in [-0.3, -0.25) is 13.9 Å². The highest BCUT2D eigenvalue weighted by Crippen LogP contribution is 2.23. The molecule has 0 bridgehead atoms. The van der Waals surface area contributed by atoms with E-state index in [0.29, 0.717) is 12.1 Å². The maximum absolute atomic E-state index is 14.2. The second kappa shape index (κ2) is 14.1. The third kappa shape index (κ3) is 8.66. The molecule has 9 heteroatoms. The number of carbonyl (C=O) groups excluding carboxylic acids is 2. The smallest absolute Gasteiger partial charge is 0.244 e. The number of carbonyl (C=O) groups is 2. The Hall–Kier alpha value is -3.17. The zero-order valence-electron chi connectivity index (χ0n) is 23.6. The van der Waals surface area contributed by atoms with Crippen molar-refractivity contribution in [3.8, 4) is 0 Å². The highest BCUT2D eigenvalue weighted by Gasteiger charge is 2.34. The van der Waals surface area contributed by atoms with Crippen molar-refractivity contribution in [2.45, 2.75) is 64.1 Å². The lowest BCUT2D eigenvalue weighted by Crippen LogP contribution is -2.54. The van der Waals surface area contributed by atoms with Crippen LogP contribution in [0.1, 0.15) is 49.3 Å². The van der Waals surface area contributed by atoms with Crippen LogP contribution in [0.2, 0.25) is 0 Å². The number of amides is 2. The van der Waals surface area contributed by atoms with Crippen molar-refractivity contribution in [3.05, 3.63) is 100 Å². The van der Waals surface area contributed by atoms with E-state index in [0.717, 1.165) is 63.8 Å². The first-order valence-electron chi connectivity index (χ1n) is 14.1. The van der Waals surface area contributed by atoms with Gasteiger partial charge in [-0.05, 0) is 60.2 Å². The van der Waals surface area contributed by atoms with Crippen molar-refractivity contribution in [2.75, 3.05) is 17.1 Å². The molecule has 3 aromatic rings. The Labute approximate surface area is 252 Å². The average Bonchev–Trinajstić information content (AvgIpc) is 3.46. The minimum absolute atomic E-state index is 0.0770. The van der Waals surface area contributed by atoms with Crippen LogP contribution in [-0.2, 0) is 39.0 Å². The van der Waals surface area contributed by atoms with Crippen molar-refractivity contribution in [2.24, 2.45) is 0 Å². The van der Waals surface area contributed by atoms with Crippen LogP contribution in [0.25, 0.3) is 0 Å². The number of nitrogens with zero attached hydrogens (tertiary/aromatic N) is 2. The highest BCUT2D eigenvalue weighted by molar-refractivity contribution is 9.10. The molecule has 1 saturated carbocycles. The number of halogens is 1. The monoisotopic (exact) mass is 639 g/mol. The van der Waals surface area contributed by atoms with E-state index >= 15 is 0 Å². The van der Waals surface area contributed by atoms with Gasteiger partial charge < -0.3 is 10.2 Å². The van der Waals surface area contributed by atoms with Crippen LogP contribution in [0.15, 0.2) is 83.3 Å². The van der Waals surface area contributed by atoms with E-state index in [1.165, 1.54) is 4.90 Å². The molecule has 218 valence electrons. The molecule has 1 aliphatic carbocycles. The summed E-state index contributed by atoms with van der Waals surface area (Å²) in [5, 5.41) is 3.19. The van der Waals surface area contributed by atoms with Gasteiger partial charge in [-0.2, -0.15) is 0 Å². The molecule has 1 atom stereocenters. The molecule has 0 aliphatic heterocycles. The molecule has 0 radical (unpaired) electrons. The van der Waals surface area contributed by atoms with Gasteiger partial charge in [0.25, 0.3) is 0 Å². The van der Waals surface area contributed by atoms with Gasteiger partial charge in [0.15, 0.2) is 0 Å². The summed E-state index contributed by atoms with van der Waals surface area (Å²) in [6.07, 6.45) is 6.18. The molecule has 0 spiro atoms. The molecule has 0 aromatic heterocycles. The third-order valence-corrected chi connectivity index (χ3v) is 9.16. The molecule has 4 rings (SSSR count). The molecular formula is C32H38BrN3O4S. The number of benzene rings is 3. The average molecular weight is 641 g/mol. The van der Waals surface area contributed by atoms with Crippen LogP contribution >= 0.6 is 15.9 Å². The minimum atomic E-state index is -3.79. The first kappa shape index (κ1) is 30.8. The maximum atomic E-state index is 14.2. The Kier molecular flexibility index (Phi) is 10.6. The second-order valence-corrected chi connectivity index (χ2v) is 13.5. The predicted molar refractivity (Wildman–Crippen MR) is 167 cm³/mol. The van der Waals surface area contributed by atoms with Crippen molar-refractivity contribution in [3.63, 3.8) is 0 Å². The van der Waals surface area contributed by atoms with Crippen molar-refractivity contribution >= 4 is 43.5 Å². The SMILES string of the molecule is CCc1ccc(N(CC(=O)N(Cc2cccc(Br)c2)C(Cc2ccccc2)C(=O)NC2CCCC2)S(C)(=O)=O)cc1. The maximum Gasteiger partial charge on any atom is 0.244 e. The van der Waals surface area contributed by atoms with Gasteiger partial charge >= 0.3 is 0 Å². The lowest BCUT2D eigenvalue weighted by atomic mass is 10.0. The Morgan fingerprint density at radius 3 is 2.20 bits per heavy atom. The molecule has 0 heterocycles. The van der Waals surface area contributed by atoms with Crippen molar-refractivity contribution in [1.29, 1.82) is 0 Å². The van der Waals surface area contributed by atoms with E-state index in [1.54, 1.807) is 12.1 Å². The minimum Gasteiger partial charge on any atom is -0.352 e. The summed E-state index contributed by atoms with van der Waals surface area (Å²) in [5.74, 6) is -0.667. The lowest BCUT2D eigenvalue weighted by Gasteiger charge is -2.34. The number of anilines is 1. The van der Waals surface area contributed by atoms with E-state index < -0.39 is 28.5 Å². The zero-order valence-corrected chi connectivity index (χ0v) is 26.0. The number of sulfonamides is 1. The molecule has 1 N–H and O–H groups in total. The van der Waals surface area contributed by atoms with Crippen LogP contribution in [0.4, 0.5) is 5.69 Å². The third-order valence-electron chi connectivity index (χ3n) is 7.53. The van der Waals surface area contributed by atoms with Crippen LogP contribution in [0, 0.1) is 0 Å². The zero-order chi connectivity index (χ0) is 29.4. The number of aryl methyl sites for hydroxylation is 1. The molecule has 3 aromatic carbocycles. The molecule has 1 unspecified atom stereocenters. The fourth-order valence-electron chi connectivity index (χ4n) is 5.27. The second-order valence-electron chi connectivity index (χ2n) is 10.6. The first-order chi connectivity index (χ1) is 19.6. The fourth-order valence-corrected chi connectivity index (χ4v) is 6.56. The van der Waals surface area contributed by atoms with Gasteiger partial charge in [-0.15, -0.1) is 0 Å². The number of nitrogens with one attached hydrogen (secondary N) is 1. The lowest BCUT2D eigenvalue weighted by molar-refractivity contribution is -0.140. The van der Waals surface area contributed by atoms with E-state index in [1.807, 2.05) is 73.7 Å². The normalized spacial score (nSPS) is 14.4. The van der Waals surface area contributed by atoms with E-state index in [4.69, 9.17) is 0 Å². The first-order valence-corrected chi connectivity index (χ1v) is 16.7. The quantitative estimate of drug-likeness (QED) is 0.284. The summed E-state index contributed by atoms with van der Waals surface area (Å²) in [4.78, 5) is 29.6. The Morgan fingerprint density at radius 1 is 0.927 bits per heavy atom. The topological polar surface area (TPSA) is 86.8 Å². The molecule has 7 nitrogen and oxygen atoms in total. The summed E-state index contributed by atoms with van der Waals surface area (Å²) >= 11 is 3.51. The van der Waals surface area contributed by atoms with Gasteiger partial charge in [-0.1, -0.05) is 90.3 Å². The number of hydrogen-bond donors (Lipinski definition) is 1. The molecule has 0 saturated heterocycles. The molecular weight excluding hydrogens is 602 g/mol. The standard InChI is InChI=1S/C32H38BrN3O4S/c1-3-24-16-18-29(19-17-24)36(41(2,39)40)23-31(37)35(22-26-12-9-13-27(33)20-26)30(21-25-10-5-4-6-11-25)32(38)34-28-14-7-8-15-28/h4-6,9-13,16-20,28,30H,3,7-8,14-15,21-23H2,1-2H3,(H,34,38). The van der Waals surface area contributed by atoms with Crippen LogP contribution in [-0.4, -0.2) is 50.0 Å². The number of hydrogen-bond acceptors (Lipinski definition) is 4. The van der Waals surface area contributed by atoms with E-state index in [9.17, 15) is 18.0 Å². The van der Waals surface area contributed by atoms with Crippen LogP contribution in [0.5, 0.6) is 0 Å². The fraction of sp³-hybridized carbons (Fsp3) is 0.375. The summed E-state index contributed by atoms with van der Waals surface area (Å²) in [6.45, 7) is 1.76. The van der Waals surface area contributed by atoms with Crippen molar-refractivity contribution < 1.29 is 18.0 Å². The Bertz CT molecular complexity index is 1420. The van der Waals surface area contributed by atoms with Crippen LogP contribution in [0.3, 0.4) is 0 Å².